The maximum Gasteiger partial charge on any atom is 0.258 e. The molecule has 2 aromatic rings. The first-order valence-corrected chi connectivity index (χ1v) is 10.4. The second-order valence-corrected chi connectivity index (χ2v) is 7.96. The van der Waals surface area contributed by atoms with E-state index in [9.17, 15) is 4.79 Å². The third kappa shape index (κ3) is 5.73. The summed E-state index contributed by atoms with van der Waals surface area (Å²) in [5.74, 6) is 0.611. The van der Waals surface area contributed by atoms with E-state index in [4.69, 9.17) is 16.3 Å². The van der Waals surface area contributed by atoms with Crippen LogP contribution in [0.1, 0.15) is 42.0 Å². The van der Waals surface area contributed by atoms with Crippen LogP contribution in [0.15, 0.2) is 42.5 Å². The molecule has 1 saturated heterocycles. The van der Waals surface area contributed by atoms with Crippen LogP contribution in [-0.2, 0) is 4.79 Å². The molecule has 0 spiro atoms. The van der Waals surface area contributed by atoms with Crippen molar-refractivity contribution in [1.82, 2.24) is 10.2 Å². The van der Waals surface area contributed by atoms with E-state index in [2.05, 4.69) is 22.3 Å². The van der Waals surface area contributed by atoms with Gasteiger partial charge >= 0.3 is 0 Å². The number of nitrogens with one attached hydrogen (secondary N) is 1. The van der Waals surface area contributed by atoms with Crippen molar-refractivity contribution in [3.63, 3.8) is 0 Å². The first-order valence-electron chi connectivity index (χ1n) is 9.99. The molecule has 3 rings (SSSR count). The lowest BCUT2D eigenvalue weighted by Gasteiger charge is -2.35. The summed E-state index contributed by atoms with van der Waals surface area (Å²) in [6.45, 7) is 6.64. The molecule has 0 radical (unpaired) electrons. The molecule has 4 nitrogen and oxygen atoms in total. The van der Waals surface area contributed by atoms with Gasteiger partial charge in [-0.2, -0.15) is 0 Å². The van der Waals surface area contributed by atoms with Crippen molar-refractivity contribution in [3.05, 3.63) is 64.2 Å². The fourth-order valence-electron chi connectivity index (χ4n) is 3.84. The van der Waals surface area contributed by atoms with Crippen LogP contribution < -0.4 is 10.1 Å². The highest BCUT2D eigenvalue weighted by atomic mass is 35.5. The van der Waals surface area contributed by atoms with Crippen molar-refractivity contribution >= 4 is 17.5 Å². The van der Waals surface area contributed by atoms with Gasteiger partial charge in [-0.3, -0.25) is 9.69 Å². The highest BCUT2D eigenvalue weighted by Gasteiger charge is 2.24. The molecule has 0 bridgehead atoms. The van der Waals surface area contributed by atoms with Gasteiger partial charge in [0, 0.05) is 11.6 Å². The minimum atomic E-state index is -0.117. The number of ether oxygens (including phenoxy) is 1. The number of hydrogen-bond donors (Lipinski definition) is 1. The van der Waals surface area contributed by atoms with Crippen molar-refractivity contribution < 1.29 is 9.53 Å². The molecule has 1 fully saturated rings. The lowest BCUT2D eigenvalue weighted by Crippen LogP contribution is -2.41. The quantitative estimate of drug-likeness (QED) is 0.733. The largest absolute Gasteiger partial charge is 0.484 e. The molecule has 5 heteroatoms. The summed E-state index contributed by atoms with van der Waals surface area (Å²) in [7, 11) is 0. The molecule has 1 atom stereocenters. The summed E-state index contributed by atoms with van der Waals surface area (Å²) < 4.78 is 5.68. The van der Waals surface area contributed by atoms with Gasteiger partial charge in [-0.05, 0) is 74.7 Å². The number of piperidine rings is 1. The highest BCUT2D eigenvalue weighted by molar-refractivity contribution is 6.31. The van der Waals surface area contributed by atoms with Gasteiger partial charge in [0.25, 0.3) is 5.91 Å². The third-order valence-electron chi connectivity index (χ3n) is 5.15. The Bertz CT molecular complexity index is 783. The smallest absolute Gasteiger partial charge is 0.258 e. The van der Waals surface area contributed by atoms with E-state index < -0.39 is 0 Å². The van der Waals surface area contributed by atoms with Crippen molar-refractivity contribution in [2.75, 3.05) is 26.2 Å². The van der Waals surface area contributed by atoms with Crippen molar-refractivity contribution in [2.45, 2.75) is 39.2 Å². The van der Waals surface area contributed by atoms with Gasteiger partial charge in [0.15, 0.2) is 6.61 Å². The molecule has 28 heavy (non-hydrogen) atoms. The Morgan fingerprint density at radius 1 is 1.11 bits per heavy atom. The summed E-state index contributed by atoms with van der Waals surface area (Å²) in [5.41, 5.74) is 3.32. The molecule has 1 N–H and O–H groups in total. The topological polar surface area (TPSA) is 41.6 Å². The van der Waals surface area contributed by atoms with Gasteiger partial charge in [0.05, 0.1) is 6.04 Å². The second-order valence-electron chi connectivity index (χ2n) is 7.55. The number of carbonyl (C=O) groups excluding carboxylic acids is 1. The van der Waals surface area contributed by atoms with Gasteiger partial charge in [0.2, 0.25) is 0 Å². The molecular weight excluding hydrogens is 372 g/mol. The monoisotopic (exact) mass is 400 g/mol. The van der Waals surface area contributed by atoms with E-state index in [0.29, 0.717) is 6.54 Å². The van der Waals surface area contributed by atoms with E-state index in [1.165, 1.54) is 19.3 Å². The van der Waals surface area contributed by atoms with Gasteiger partial charge in [-0.25, -0.2) is 0 Å². The molecule has 1 unspecified atom stereocenters. The van der Waals surface area contributed by atoms with Crippen LogP contribution in [-0.4, -0.2) is 37.0 Å². The minimum Gasteiger partial charge on any atom is -0.484 e. The maximum absolute atomic E-state index is 12.4. The fourth-order valence-corrected chi connectivity index (χ4v) is 4.10. The number of benzene rings is 2. The lowest BCUT2D eigenvalue weighted by atomic mass is 10.0. The van der Waals surface area contributed by atoms with Crippen LogP contribution in [0.4, 0.5) is 0 Å². The van der Waals surface area contributed by atoms with E-state index in [1.54, 1.807) is 0 Å². The normalized spacial score (nSPS) is 15.8. The van der Waals surface area contributed by atoms with Crippen LogP contribution in [0.5, 0.6) is 5.75 Å². The summed E-state index contributed by atoms with van der Waals surface area (Å²) in [5, 5.41) is 3.79. The summed E-state index contributed by atoms with van der Waals surface area (Å²) in [6.07, 6.45) is 3.64. The summed E-state index contributed by atoms with van der Waals surface area (Å²) in [6, 6.07) is 14.0. The number of carbonyl (C=O) groups is 1. The van der Waals surface area contributed by atoms with Gasteiger partial charge < -0.3 is 10.1 Å². The number of aryl methyl sites for hydroxylation is 2. The number of hydrogen-bond acceptors (Lipinski definition) is 3. The minimum absolute atomic E-state index is 0.0120. The van der Waals surface area contributed by atoms with Gasteiger partial charge in [0.1, 0.15) is 5.75 Å². The van der Waals surface area contributed by atoms with Crippen LogP contribution >= 0.6 is 11.6 Å². The van der Waals surface area contributed by atoms with Gasteiger partial charge in [-0.15, -0.1) is 0 Å². The first kappa shape index (κ1) is 20.7. The van der Waals surface area contributed by atoms with Crippen molar-refractivity contribution in [2.24, 2.45) is 0 Å². The van der Waals surface area contributed by atoms with E-state index in [0.717, 1.165) is 40.6 Å². The molecule has 0 aromatic heterocycles. The molecule has 0 saturated carbocycles. The maximum atomic E-state index is 12.4. The lowest BCUT2D eigenvalue weighted by molar-refractivity contribution is -0.123. The average Bonchev–Trinajstić information content (AvgIpc) is 2.68. The predicted octanol–water partition coefficient (Wildman–Crippen LogP) is 4.68. The molecule has 0 aliphatic carbocycles. The predicted molar refractivity (Wildman–Crippen MR) is 114 cm³/mol. The van der Waals surface area contributed by atoms with E-state index in [1.807, 2.05) is 44.2 Å². The number of amides is 1. The standard InChI is InChI=1S/C23H29ClN2O2/c1-17-12-18(2)14-19(13-17)28-16-23(27)25-15-22(26-10-6-3-7-11-26)20-8-4-5-9-21(20)24/h4-5,8-9,12-14,22H,3,6-7,10-11,15-16H2,1-2H3,(H,25,27). The zero-order valence-electron chi connectivity index (χ0n) is 16.7. The zero-order valence-corrected chi connectivity index (χ0v) is 17.5. The molecule has 1 aliphatic rings. The Morgan fingerprint density at radius 2 is 1.79 bits per heavy atom. The van der Waals surface area contributed by atoms with E-state index >= 15 is 0 Å². The third-order valence-corrected chi connectivity index (χ3v) is 5.50. The number of halogens is 1. The Morgan fingerprint density at radius 3 is 2.46 bits per heavy atom. The molecular formula is C23H29ClN2O2. The molecule has 1 aliphatic heterocycles. The number of likely N-dealkylation sites (tertiary alicyclic amines) is 1. The Hall–Kier alpha value is -2.04. The van der Waals surface area contributed by atoms with Crippen molar-refractivity contribution in [3.8, 4) is 5.75 Å². The number of rotatable bonds is 7. The molecule has 1 amide bonds. The summed E-state index contributed by atoms with van der Waals surface area (Å²) in [4.78, 5) is 14.8. The van der Waals surface area contributed by atoms with Crippen LogP contribution in [0.25, 0.3) is 0 Å². The van der Waals surface area contributed by atoms with Crippen LogP contribution in [0, 0.1) is 13.8 Å². The zero-order chi connectivity index (χ0) is 19.9. The highest BCUT2D eigenvalue weighted by Crippen LogP contribution is 2.29. The fraction of sp³-hybridized carbons (Fsp3) is 0.435. The molecule has 150 valence electrons. The Balaban J connectivity index is 1.61. The molecule has 2 aromatic carbocycles. The first-order chi connectivity index (χ1) is 13.5. The van der Waals surface area contributed by atoms with Crippen LogP contribution in [0.3, 0.4) is 0 Å². The average molecular weight is 401 g/mol. The molecule has 1 heterocycles. The van der Waals surface area contributed by atoms with Gasteiger partial charge in [-0.1, -0.05) is 42.3 Å². The van der Waals surface area contributed by atoms with Crippen LogP contribution in [0.2, 0.25) is 5.02 Å². The van der Waals surface area contributed by atoms with E-state index in [-0.39, 0.29) is 18.6 Å². The Labute approximate surface area is 172 Å². The van der Waals surface area contributed by atoms with Crippen molar-refractivity contribution in [1.29, 1.82) is 0 Å². The SMILES string of the molecule is Cc1cc(C)cc(OCC(=O)NCC(c2ccccc2Cl)N2CCCCC2)c1. The Kier molecular flexibility index (Phi) is 7.35. The summed E-state index contributed by atoms with van der Waals surface area (Å²) >= 11 is 6.46. The second kappa shape index (κ2) is 9.94. The number of nitrogens with zero attached hydrogens (tertiary/aromatic N) is 1.